The highest BCUT2D eigenvalue weighted by Crippen LogP contribution is 2.37. The minimum atomic E-state index is -0.0923. The van der Waals surface area contributed by atoms with Gasteiger partial charge in [0.2, 0.25) is 0 Å². The Kier molecular flexibility index (Phi) is 3.83. The molecule has 2 fully saturated rings. The second-order valence-corrected chi connectivity index (χ2v) is 6.43. The molecule has 3 rings (SSSR count). The quantitative estimate of drug-likeness (QED) is 0.868. The third-order valence-corrected chi connectivity index (χ3v) is 4.83. The van der Waals surface area contributed by atoms with Crippen molar-refractivity contribution >= 4 is 5.91 Å². The fraction of sp³-hybridized carbons (Fsp3) is 0.688. The number of amides is 1. The Morgan fingerprint density at radius 3 is 2.75 bits per heavy atom. The van der Waals surface area contributed by atoms with Crippen LogP contribution in [-0.2, 0) is 0 Å². The van der Waals surface area contributed by atoms with Gasteiger partial charge in [0, 0.05) is 24.2 Å². The molecule has 2 aliphatic rings. The summed E-state index contributed by atoms with van der Waals surface area (Å²) in [5.74, 6) is 0.000276. The Labute approximate surface area is 120 Å². The maximum atomic E-state index is 12.3. The number of nitrogens with zero attached hydrogens (tertiary/aromatic N) is 1. The van der Waals surface area contributed by atoms with E-state index in [0.29, 0.717) is 12.6 Å². The molecule has 1 amide bonds. The highest BCUT2D eigenvalue weighted by Gasteiger charge is 2.32. The van der Waals surface area contributed by atoms with Crippen LogP contribution in [0.5, 0.6) is 0 Å². The summed E-state index contributed by atoms with van der Waals surface area (Å²) >= 11 is 0. The lowest BCUT2D eigenvalue weighted by atomic mass is 9.74. The highest BCUT2D eigenvalue weighted by atomic mass is 16.3. The fourth-order valence-electron chi connectivity index (χ4n) is 3.31. The van der Waals surface area contributed by atoms with Crippen LogP contribution in [0.3, 0.4) is 0 Å². The molecular formula is C16H24N2O2. The van der Waals surface area contributed by atoms with Gasteiger partial charge in [-0.25, -0.2) is 0 Å². The number of hydrogen-bond acceptors (Lipinski definition) is 2. The number of rotatable bonds is 5. The van der Waals surface area contributed by atoms with E-state index in [-0.39, 0.29) is 17.9 Å². The molecule has 2 N–H and O–H groups in total. The summed E-state index contributed by atoms with van der Waals surface area (Å²) in [6.45, 7) is 0.773. The van der Waals surface area contributed by atoms with Crippen molar-refractivity contribution in [2.45, 2.75) is 51.0 Å². The molecule has 1 heterocycles. The SMILES string of the molecule is O=C(NCC1(CO)CCCCC1)c1cccn1C1CC1. The molecule has 2 aliphatic carbocycles. The Morgan fingerprint density at radius 1 is 1.35 bits per heavy atom. The van der Waals surface area contributed by atoms with Gasteiger partial charge in [-0.2, -0.15) is 0 Å². The number of carbonyl (C=O) groups is 1. The van der Waals surface area contributed by atoms with Crippen LogP contribution < -0.4 is 5.32 Å². The predicted octanol–water partition coefficient (Wildman–Crippen LogP) is 2.50. The molecule has 2 saturated carbocycles. The van der Waals surface area contributed by atoms with Gasteiger partial charge >= 0.3 is 0 Å². The Balaban J connectivity index is 1.62. The van der Waals surface area contributed by atoms with E-state index in [0.717, 1.165) is 31.4 Å². The van der Waals surface area contributed by atoms with E-state index in [9.17, 15) is 9.90 Å². The molecule has 20 heavy (non-hydrogen) atoms. The van der Waals surface area contributed by atoms with Crippen LogP contribution in [0.15, 0.2) is 18.3 Å². The lowest BCUT2D eigenvalue weighted by Gasteiger charge is -2.35. The number of aliphatic hydroxyl groups excluding tert-OH is 1. The average molecular weight is 276 g/mol. The van der Waals surface area contributed by atoms with Gasteiger partial charge in [-0.3, -0.25) is 4.79 Å². The zero-order valence-corrected chi connectivity index (χ0v) is 12.0. The first kappa shape index (κ1) is 13.7. The van der Waals surface area contributed by atoms with Gasteiger partial charge in [0.25, 0.3) is 5.91 Å². The summed E-state index contributed by atoms with van der Waals surface area (Å²) in [4.78, 5) is 12.3. The maximum absolute atomic E-state index is 12.3. The van der Waals surface area contributed by atoms with Crippen LogP contribution in [0.1, 0.15) is 61.5 Å². The minimum Gasteiger partial charge on any atom is -0.396 e. The summed E-state index contributed by atoms with van der Waals surface area (Å²) in [5.41, 5.74) is 0.668. The number of aromatic nitrogens is 1. The number of aliphatic hydroxyl groups is 1. The Morgan fingerprint density at radius 2 is 2.10 bits per heavy atom. The van der Waals surface area contributed by atoms with Gasteiger partial charge in [-0.1, -0.05) is 19.3 Å². The van der Waals surface area contributed by atoms with Crippen molar-refractivity contribution in [2.24, 2.45) is 5.41 Å². The van der Waals surface area contributed by atoms with E-state index >= 15 is 0 Å². The zero-order chi connectivity index (χ0) is 14.0. The summed E-state index contributed by atoms with van der Waals surface area (Å²) in [5, 5.41) is 12.7. The normalized spacial score (nSPS) is 21.6. The van der Waals surface area contributed by atoms with Crippen molar-refractivity contribution in [3.8, 4) is 0 Å². The molecule has 0 bridgehead atoms. The monoisotopic (exact) mass is 276 g/mol. The Hall–Kier alpha value is -1.29. The zero-order valence-electron chi connectivity index (χ0n) is 12.0. The molecule has 0 unspecified atom stereocenters. The van der Waals surface area contributed by atoms with Crippen molar-refractivity contribution in [2.75, 3.05) is 13.2 Å². The molecular weight excluding hydrogens is 252 g/mol. The largest absolute Gasteiger partial charge is 0.396 e. The summed E-state index contributed by atoms with van der Waals surface area (Å²) in [6, 6.07) is 4.35. The van der Waals surface area contributed by atoms with Crippen LogP contribution in [-0.4, -0.2) is 28.7 Å². The van der Waals surface area contributed by atoms with Gasteiger partial charge < -0.3 is 15.0 Å². The van der Waals surface area contributed by atoms with Gasteiger partial charge in [0.1, 0.15) is 5.69 Å². The predicted molar refractivity (Wildman–Crippen MR) is 77.6 cm³/mol. The first-order chi connectivity index (χ1) is 9.74. The maximum Gasteiger partial charge on any atom is 0.267 e. The van der Waals surface area contributed by atoms with E-state index in [4.69, 9.17) is 0 Å². The molecule has 0 atom stereocenters. The second-order valence-electron chi connectivity index (χ2n) is 6.43. The van der Waals surface area contributed by atoms with Crippen LogP contribution in [0.4, 0.5) is 0 Å². The molecule has 0 aliphatic heterocycles. The molecule has 1 aromatic rings. The first-order valence-electron chi connectivity index (χ1n) is 7.80. The number of nitrogens with one attached hydrogen (secondary N) is 1. The molecule has 1 aromatic heterocycles. The summed E-state index contributed by atoms with van der Waals surface area (Å²) in [6.07, 6.45) is 9.96. The number of carbonyl (C=O) groups excluding carboxylic acids is 1. The van der Waals surface area contributed by atoms with E-state index in [1.165, 1.54) is 19.3 Å². The third kappa shape index (κ3) is 2.75. The molecule has 4 nitrogen and oxygen atoms in total. The molecule has 0 saturated heterocycles. The highest BCUT2D eigenvalue weighted by molar-refractivity contribution is 5.92. The molecule has 110 valence electrons. The Bertz CT molecular complexity index is 471. The molecule has 4 heteroatoms. The van der Waals surface area contributed by atoms with Gasteiger partial charge in [-0.15, -0.1) is 0 Å². The van der Waals surface area contributed by atoms with Gasteiger partial charge in [-0.05, 0) is 37.8 Å². The number of hydrogen-bond donors (Lipinski definition) is 2. The van der Waals surface area contributed by atoms with Crippen molar-refractivity contribution in [3.05, 3.63) is 24.0 Å². The van der Waals surface area contributed by atoms with Crippen molar-refractivity contribution < 1.29 is 9.90 Å². The average Bonchev–Trinajstić information content (AvgIpc) is 3.23. The van der Waals surface area contributed by atoms with Gasteiger partial charge in [0.15, 0.2) is 0 Å². The van der Waals surface area contributed by atoms with Crippen LogP contribution >= 0.6 is 0 Å². The lowest BCUT2D eigenvalue weighted by molar-refractivity contribution is 0.0713. The van der Waals surface area contributed by atoms with E-state index in [1.807, 2.05) is 18.3 Å². The smallest absolute Gasteiger partial charge is 0.267 e. The third-order valence-electron chi connectivity index (χ3n) is 4.83. The fourth-order valence-corrected chi connectivity index (χ4v) is 3.31. The summed E-state index contributed by atoms with van der Waals surface area (Å²) < 4.78 is 2.09. The van der Waals surface area contributed by atoms with Crippen LogP contribution in [0, 0.1) is 5.41 Å². The van der Waals surface area contributed by atoms with E-state index in [2.05, 4.69) is 9.88 Å². The van der Waals surface area contributed by atoms with Crippen molar-refractivity contribution in [1.82, 2.24) is 9.88 Å². The second kappa shape index (κ2) is 5.60. The van der Waals surface area contributed by atoms with Gasteiger partial charge in [0.05, 0.1) is 6.61 Å². The lowest BCUT2D eigenvalue weighted by Crippen LogP contribution is -2.41. The molecule has 0 aromatic carbocycles. The minimum absolute atomic E-state index is 0.000276. The summed E-state index contributed by atoms with van der Waals surface area (Å²) in [7, 11) is 0. The van der Waals surface area contributed by atoms with E-state index < -0.39 is 0 Å². The van der Waals surface area contributed by atoms with Crippen molar-refractivity contribution in [1.29, 1.82) is 0 Å². The first-order valence-corrected chi connectivity index (χ1v) is 7.80. The molecule has 0 radical (unpaired) electrons. The topological polar surface area (TPSA) is 54.3 Å². The van der Waals surface area contributed by atoms with Crippen molar-refractivity contribution in [3.63, 3.8) is 0 Å². The van der Waals surface area contributed by atoms with Crippen LogP contribution in [0.25, 0.3) is 0 Å². The standard InChI is InChI=1S/C16H24N2O2/c19-12-16(8-2-1-3-9-16)11-17-15(20)14-5-4-10-18(14)13-6-7-13/h4-5,10,13,19H,1-3,6-9,11-12H2,(H,17,20). The molecule has 0 spiro atoms. The van der Waals surface area contributed by atoms with Crippen LogP contribution in [0.2, 0.25) is 0 Å². The van der Waals surface area contributed by atoms with E-state index in [1.54, 1.807) is 0 Å².